The molecule has 2 rings (SSSR count). The van der Waals surface area contributed by atoms with Gasteiger partial charge in [-0.25, -0.2) is 4.79 Å². The molecule has 4 heteroatoms. The molecule has 1 unspecified atom stereocenters. The Morgan fingerprint density at radius 2 is 2.33 bits per heavy atom. The number of nitrogens with zero attached hydrogens (tertiary/aromatic N) is 1. The quantitative estimate of drug-likeness (QED) is 0.699. The van der Waals surface area contributed by atoms with Crippen molar-refractivity contribution in [1.82, 2.24) is 4.90 Å². The van der Waals surface area contributed by atoms with E-state index in [1.165, 1.54) is 4.90 Å². The Labute approximate surface area is 88.6 Å². The lowest BCUT2D eigenvalue weighted by Gasteiger charge is -2.14. The Bertz CT molecular complexity index is 313. The molecule has 3 atom stereocenters. The first-order chi connectivity index (χ1) is 7.13. The normalized spacial score (nSPS) is 34.3. The minimum Gasteiger partial charge on any atom is -0.465 e. The van der Waals surface area contributed by atoms with E-state index < -0.39 is 6.09 Å². The molecule has 0 spiro atoms. The molecule has 1 N–H and O–H groups in total. The van der Waals surface area contributed by atoms with E-state index in [-0.39, 0.29) is 23.5 Å². The van der Waals surface area contributed by atoms with Gasteiger partial charge in [-0.2, -0.15) is 0 Å². The number of fused-ring (bicyclic) bond motifs is 1. The third-order valence-corrected chi connectivity index (χ3v) is 3.52. The van der Waals surface area contributed by atoms with Gasteiger partial charge in [-0.15, -0.1) is 6.58 Å². The first-order valence-electron chi connectivity index (χ1n) is 5.26. The minimum atomic E-state index is -0.905. The SMILES string of the molecule is C=CCC1C[C@H]2CN(C(=O)O)C[C@H]2C1=O. The van der Waals surface area contributed by atoms with Crippen LogP contribution in [0.4, 0.5) is 4.79 Å². The number of rotatable bonds is 2. The average molecular weight is 209 g/mol. The molecule has 1 heterocycles. The van der Waals surface area contributed by atoms with Crippen LogP contribution in [0.5, 0.6) is 0 Å². The van der Waals surface area contributed by atoms with Crippen LogP contribution in [-0.2, 0) is 4.79 Å². The van der Waals surface area contributed by atoms with Crippen LogP contribution in [0.2, 0.25) is 0 Å². The van der Waals surface area contributed by atoms with Crippen molar-refractivity contribution in [1.29, 1.82) is 0 Å². The van der Waals surface area contributed by atoms with Gasteiger partial charge in [0, 0.05) is 24.9 Å². The summed E-state index contributed by atoms with van der Waals surface area (Å²) in [7, 11) is 0. The van der Waals surface area contributed by atoms with E-state index in [1.807, 2.05) is 0 Å². The highest BCUT2D eigenvalue weighted by molar-refractivity contribution is 5.87. The lowest BCUT2D eigenvalue weighted by molar-refractivity contribution is -0.123. The molecule has 0 aromatic heterocycles. The van der Waals surface area contributed by atoms with Crippen LogP contribution in [0.3, 0.4) is 0 Å². The van der Waals surface area contributed by atoms with Gasteiger partial charge < -0.3 is 10.0 Å². The zero-order valence-electron chi connectivity index (χ0n) is 8.56. The van der Waals surface area contributed by atoms with E-state index in [0.29, 0.717) is 13.1 Å². The van der Waals surface area contributed by atoms with E-state index in [4.69, 9.17) is 5.11 Å². The Balaban J connectivity index is 2.03. The van der Waals surface area contributed by atoms with Crippen LogP contribution in [0.15, 0.2) is 12.7 Å². The van der Waals surface area contributed by atoms with Gasteiger partial charge in [0.05, 0.1) is 0 Å². The maximum absolute atomic E-state index is 11.9. The fourth-order valence-corrected chi connectivity index (χ4v) is 2.79. The van der Waals surface area contributed by atoms with Gasteiger partial charge in [0.2, 0.25) is 0 Å². The summed E-state index contributed by atoms with van der Waals surface area (Å²) in [5.41, 5.74) is 0. The van der Waals surface area contributed by atoms with Crippen molar-refractivity contribution >= 4 is 11.9 Å². The summed E-state index contributed by atoms with van der Waals surface area (Å²) in [6, 6.07) is 0. The molecule has 0 aromatic carbocycles. The number of likely N-dealkylation sites (tertiary alicyclic amines) is 1. The van der Waals surface area contributed by atoms with Gasteiger partial charge >= 0.3 is 6.09 Å². The number of allylic oxidation sites excluding steroid dienone is 1. The van der Waals surface area contributed by atoms with Crippen molar-refractivity contribution < 1.29 is 14.7 Å². The second kappa shape index (κ2) is 3.68. The average Bonchev–Trinajstić information content (AvgIpc) is 2.69. The molecule has 1 aliphatic carbocycles. The van der Waals surface area contributed by atoms with Crippen molar-refractivity contribution in [2.24, 2.45) is 17.8 Å². The van der Waals surface area contributed by atoms with Crippen molar-refractivity contribution in [3.05, 3.63) is 12.7 Å². The summed E-state index contributed by atoms with van der Waals surface area (Å²) in [6.07, 6.45) is 2.44. The van der Waals surface area contributed by atoms with E-state index >= 15 is 0 Å². The molecule has 1 aliphatic heterocycles. The second-order valence-electron chi connectivity index (χ2n) is 4.41. The van der Waals surface area contributed by atoms with Crippen molar-refractivity contribution in [3.8, 4) is 0 Å². The van der Waals surface area contributed by atoms with Crippen molar-refractivity contribution in [2.75, 3.05) is 13.1 Å². The number of carboxylic acid groups (broad SMARTS) is 1. The van der Waals surface area contributed by atoms with Crippen molar-refractivity contribution in [3.63, 3.8) is 0 Å². The fraction of sp³-hybridized carbons (Fsp3) is 0.636. The molecule has 0 radical (unpaired) electrons. The molecule has 1 saturated heterocycles. The van der Waals surface area contributed by atoms with Crippen LogP contribution in [0.1, 0.15) is 12.8 Å². The highest BCUT2D eigenvalue weighted by Crippen LogP contribution is 2.40. The molecule has 82 valence electrons. The molecule has 0 aromatic rings. The smallest absolute Gasteiger partial charge is 0.407 e. The standard InChI is InChI=1S/C11H15NO3/c1-2-3-7-4-8-5-12(11(14)15)6-9(8)10(7)13/h2,7-9H,1,3-6H2,(H,14,15)/t7?,8-,9+/m0/s1. The molecule has 1 saturated carbocycles. The lowest BCUT2D eigenvalue weighted by Crippen LogP contribution is -2.29. The van der Waals surface area contributed by atoms with E-state index in [9.17, 15) is 9.59 Å². The van der Waals surface area contributed by atoms with Crippen LogP contribution in [-0.4, -0.2) is 35.0 Å². The second-order valence-corrected chi connectivity index (χ2v) is 4.41. The third-order valence-electron chi connectivity index (χ3n) is 3.52. The Hall–Kier alpha value is -1.32. The van der Waals surface area contributed by atoms with Gasteiger partial charge in [-0.3, -0.25) is 4.79 Å². The number of Topliss-reactive ketones (excluding diaryl/α,β-unsaturated/α-hetero) is 1. The van der Waals surface area contributed by atoms with E-state index in [2.05, 4.69) is 6.58 Å². The molecule has 2 aliphatic rings. The van der Waals surface area contributed by atoms with Crippen LogP contribution in [0, 0.1) is 17.8 Å². The first kappa shape index (κ1) is 10.2. The topological polar surface area (TPSA) is 57.6 Å². The first-order valence-corrected chi connectivity index (χ1v) is 5.26. The summed E-state index contributed by atoms with van der Waals surface area (Å²) in [5.74, 6) is 0.529. The summed E-state index contributed by atoms with van der Waals surface area (Å²) in [4.78, 5) is 24.0. The Kier molecular flexibility index (Phi) is 2.50. The zero-order chi connectivity index (χ0) is 11.0. The highest BCUT2D eigenvalue weighted by atomic mass is 16.4. The molecule has 4 nitrogen and oxygen atoms in total. The van der Waals surface area contributed by atoms with Crippen molar-refractivity contribution in [2.45, 2.75) is 12.8 Å². The van der Waals surface area contributed by atoms with Crippen LogP contribution < -0.4 is 0 Å². The largest absolute Gasteiger partial charge is 0.465 e. The lowest BCUT2D eigenvalue weighted by atomic mass is 10.00. The number of hydrogen-bond acceptors (Lipinski definition) is 2. The number of carbonyl (C=O) groups is 2. The van der Waals surface area contributed by atoms with E-state index in [1.54, 1.807) is 6.08 Å². The summed E-state index contributed by atoms with van der Waals surface area (Å²) in [5, 5.41) is 8.82. The third kappa shape index (κ3) is 1.64. The monoisotopic (exact) mass is 209 g/mol. The summed E-state index contributed by atoms with van der Waals surface area (Å²) < 4.78 is 0. The Morgan fingerprint density at radius 3 is 2.87 bits per heavy atom. The van der Waals surface area contributed by atoms with Gasteiger partial charge in [0.1, 0.15) is 5.78 Å². The van der Waals surface area contributed by atoms with Gasteiger partial charge in [0.15, 0.2) is 0 Å². The Morgan fingerprint density at radius 1 is 1.60 bits per heavy atom. The van der Waals surface area contributed by atoms with Gasteiger partial charge in [0.25, 0.3) is 0 Å². The van der Waals surface area contributed by atoms with Gasteiger partial charge in [-0.05, 0) is 18.8 Å². The molecule has 1 amide bonds. The maximum atomic E-state index is 11.9. The molecular weight excluding hydrogens is 194 g/mol. The van der Waals surface area contributed by atoms with E-state index in [0.717, 1.165) is 12.8 Å². The van der Waals surface area contributed by atoms with Crippen LogP contribution >= 0.6 is 0 Å². The van der Waals surface area contributed by atoms with Gasteiger partial charge in [-0.1, -0.05) is 6.08 Å². The number of carbonyl (C=O) groups excluding carboxylic acids is 1. The summed E-state index contributed by atoms with van der Waals surface area (Å²) in [6.45, 7) is 4.56. The summed E-state index contributed by atoms with van der Waals surface area (Å²) >= 11 is 0. The molecule has 0 bridgehead atoms. The number of ketones is 1. The molecular formula is C11H15NO3. The predicted octanol–water partition coefficient (Wildman–Crippen LogP) is 1.38. The zero-order valence-corrected chi connectivity index (χ0v) is 8.56. The fourth-order valence-electron chi connectivity index (χ4n) is 2.79. The molecule has 2 fully saturated rings. The number of amides is 1. The number of hydrogen-bond donors (Lipinski definition) is 1. The molecule has 15 heavy (non-hydrogen) atoms. The maximum Gasteiger partial charge on any atom is 0.407 e. The highest BCUT2D eigenvalue weighted by Gasteiger charge is 2.47. The van der Waals surface area contributed by atoms with Crippen LogP contribution in [0.25, 0.3) is 0 Å². The predicted molar refractivity (Wildman–Crippen MR) is 54.5 cm³/mol. The minimum absolute atomic E-state index is 0.0500.